The van der Waals surface area contributed by atoms with Crippen LogP contribution in [-0.2, 0) is 0 Å². The van der Waals surface area contributed by atoms with E-state index in [1.165, 1.54) is 10.9 Å². The van der Waals surface area contributed by atoms with Gasteiger partial charge in [0.1, 0.15) is 6.33 Å². The van der Waals surface area contributed by atoms with Crippen LogP contribution in [-0.4, -0.2) is 29.3 Å². The second-order valence-corrected chi connectivity index (χ2v) is 5.91. The second-order valence-electron chi connectivity index (χ2n) is 5.91. The van der Waals surface area contributed by atoms with Crippen molar-refractivity contribution < 1.29 is 0 Å². The highest BCUT2D eigenvalue weighted by Crippen LogP contribution is 2.33. The summed E-state index contributed by atoms with van der Waals surface area (Å²) < 4.78 is 3.08. The van der Waals surface area contributed by atoms with Crippen molar-refractivity contribution in [3.63, 3.8) is 0 Å². The van der Waals surface area contributed by atoms with Crippen LogP contribution >= 0.6 is 0 Å². The fourth-order valence-corrected chi connectivity index (χ4v) is 2.96. The smallest absolute Gasteiger partial charge is 0.266 e. The monoisotopic (exact) mass is 320 g/mol. The topological polar surface area (TPSA) is 98.5 Å². The van der Waals surface area contributed by atoms with Gasteiger partial charge in [0.2, 0.25) is 5.95 Å². The minimum absolute atomic E-state index is 0.0983. The minimum Gasteiger partial charge on any atom is -0.312 e. The predicted octanol–water partition coefficient (Wildman–Crippen LogP) is 1.15. The number of H-pyrrole nitrogens is 1. The summed E-state index contributed by atoms with van der Waals surface area (Å²) in [6.07, 6.45) is 6.75. The molecule has 0 amide bonds. The van der Waals surface area contributed by atoms with Gasteiger partial charge >= 0.3 is 0 Å². The molecule has 1 N–H and O–H groups in total. The van der Waals surface area contributed by atoms with Crippen LogP contribution in [0, 0.1) is 0 Å². The van der Waals surface area contributed by atoms with Gasteiger partial charge in [-0.2, -0.15) is 10.1 Å². The van der Waals surface area contributed by atoms with E-state index in [4.69, 9.17) is 0 Å². The molecule has 1 saturated carbocycles. The Morgan fingerprint density at radius 1 is 1.04 bits per heavy atom. The Bertz CT molecular complexity index is 1200. The van der Waals surface area contributed by atoms with Gasteiger partial charge in [0.05, 0.1) is 21.8 Å². The van der Waals surface area contributed by atoms with Gasteiger partial charge in [-0.15, -0.1) is 0 Å². The quantitative estimate of drug-likeness (QED) is 0.559. The van der Waals surface area contributed by atoms with Crippen molar-refractivity contribution in [2.75, 3.05) is 0 Å². The number of hydrogen-bond donors (Lipinski definition) is 1. The van der Waals surface area contributed by atoms with Crippen molar-refractivity contribution >= 4 is 21.8 Å². The molecule has 0 aliphatic heterocycles. The fourth-order valence-electron chi connectivity index (χ4n) is 2.96. The minimum atomic E-state index is -0.292. The molecule has 118 valence electrons. The molecule has 5 rings (SSSR count). The molecule has 1 fully saturated rings. The van der Waals surface area contributed by atoms with Crippen molar-refractivity contribution in [2.24, 2.45) is 0 Å². The highest BCUT2D eigenvalue weighted by Gasteiger charge is 2.25. The lowest BCUT2D eigenvalue weighted by Crippen LogP contribution is -2.21. The van der Waals surface area contributed by atoms with Crippen LogP contribution in [0.3, 0.4) is 0 Å². The van der Waals surface area contributed by atoms with Gasteiger partial charge in [-0.3, -0.25) is 14.2 Å². The van der Waals surface area contributed by atoms with E-state index in [-0.39, 0.29) is 17.2 Å². The van der Waals surface area contributed by atoms with Gasteiger partial charge in [0.25, 0.3) is 11.1 Å². The number of rotatable bonds is 2. The Kier molecular flexibility index (Phi) is 2.53. The summed E-state index contributed by atoms with van der Waals surface area (Å²) in [7, 11) is 0. The Hall–Kier alpha value is -3.29. The predicted molar refractivity (Wildman–Crippen MR) is 87.3 cm³/mol. The molecule has 4 heterocycles. The second kappa shape index (κ2) is 4.60. The molecule has 0 bridgehead atoms. The third-order valence-corrected chi connectivity index (χ3v) is 4.34. The van der Waals surface area contributed by atoms with Gasteiger partial charge in [0, 0.05) is 18.4 Å². The van der Waals surface area contributed by atoms with Crippen LogP contribution in [0.15, 0.2) is 46.5 Å². The van der Waals surface area contributed by atoms with Crippen LogP contribution < -0.4 is 11.1 Å². The van der Waals surface area contributed by atoms with Crippen LogP contribution in [0.4, 0.5) is 0 Å². The van der Waals surface area contributed by atoms with E-state index in [1.807, 2.05) is 6.07 Å². The van der Waals surface area contributed by atoms with Crippen molar-refractivity contribution in [3.8, 4) is 5.95 Å². The van der Waals surface area contributed by atoms with E-state index in [1.54, 1.807) is 29.1 Å². The molecule has 0 saturated heterocycles. The van der Waals surface area contributed by atoms with Crippen molar-refractivity contribution in [2.45, 2.75) is 18.9 Å². The van der Waals surface area contributed by atoms with Crippen molar-refractivity contribution in [1.82, 2.24) is 29.3 Å². The van der Waals surface area contributed by atoms with E-state index in [2.05, 4.69) is 20.2 Å². The zero-order valence-corrected chi connectivity index (χ0v) is 12.5. The normalized spacial score (nSPS) is 14.5. The first-order chi connectivity index (χ1) is 11.7. The zero-order valence-electron chi connectivity index (χ0n) is 12.5. The third-order valence-electron chi connectivity index (χ3n) is 4.34. The van der Waals surface area contributed by atoms with Crippen LogP contribution in [0.5, 0.6) is 0 Å². The third kappa shape index (κ3) is 1.82. The molecular weight excluding hydrogens is 308 g/mol. The van der Waals surface area contributed by atoms with Crippen LogP contribution in [0.1, 0.15) is 18.9 Å². The fraction of sp³-hybridized carbons (Fsp3) is 0.188. The largest absolute Gasteiger partial charge is 0.312 e. The van der Waals surface area contributed by atoms with Gasteiger partial charge < -0.3 is 4.57 Å². The van der Waals surface area contributed by atoms with Gasteiger partial charge in [0.15, 0.2) is 0 Å². The molecule has 24 heavy (non-hydrogen) atoms. The Labute approximate surface area is 134 Å². The summed E-state index contributed by atoms with van der Waals surface area (Å²) >= 11 is 0. The standard InChI is InChI=1S/C16H12N6O2/c23-14-10-7-11-13(19-12(10)3-5-21(14)9-1-2-9)4-6-22(15(11)24)16-17-8-18-20-16/h3-9H,1-2H2,(H,17,18,20). The van der Waals surface area contributed by atoms with Gasteiger partial charge in [-0.1, -0.05) is 0 Å². The number of hydrogen-bond acceptors (Lipinski definition) is 5. The molecule has 0 aromatic carbocycles. The molecule has 0 atom stereocenters. The number of aromatic nitrogens is 6. The molecule has 1 aliphatic carbocycles. The molecule has 0 spiro atoms. The van der Waals surface area contributed by atoms with E-state index in [0.29, 0.717) is 27.8 Å². The lowest BCUT2D eigenvalue weighted by molar-refractivity contribution is 0.714. The highest BCUT2D eigenvalue weighted by molar-refractivity contribution is 5.91. The molecule has 0 unspecified atom stereocenters. The van der Waals surface area contributed by atoms with Crippen LogP contribution in [0.2, 0.25) is 0 Å². The average molecular weight is 320 g/mol. The Morgan fingerprint density at radius 3 is 2.50 bits per heavy atom. The number of nitrogens with one attached hydrogen (secondary N) is 1. The van der Waals surface area contributed by atoms with Crippen molar-refractivity contribution in [1.29, 1.82) is 0 Å². The molecule has 4 aromatic heterocycles. The summed E-state index contributed by atoms with van der Waals surface area (Å²) in [6.45, 7) is 0. The van der Waals surface area contributed by atoms with Gasteiger partial charge in [-0.25, -0.2) is 10.1 Å². The van der Waals surface area contributed by atoms with Crippen molar-refractivity contribution in [3.05, 3.63) is 57.6 Å². The molecule has 1 aliphatic rings. The highest BCUT2D eigenvalue weighted by atomic mass is 16.1. The number of nitrogens with zero attached hydrogens (tertiary/aromatic N) is 5. The summed E-state index contributed by atoms with van der Waals surface area (Å²) in [6, 6.07) is 5.47. The average Bonchev–Trinajstić information content (AvgIpc) is 3.28. The summed E-state index contributed by atoms with van der Waals surface area (Å²) in [5.41, 5.74) is 0.756. The molecule has 8 nitrogen and oxygen atoms in total. The number of aromatic amines is 1. The molecule has 0 radical (unpaired) electrons. The maximum absolute atomic E-state index is 12.7. The first-order valence-electron chi connectivity index (χ1n) is 7.65. The SMILES string of the molecule is O=c1c2cc3c(=O)n(C4CC4)ccc3nc2ccn1-c1ncn[nH]1. The Balaban J connectivity index is 1.84. The van der Waals surface area contributed by atoms with Crippen LogP contribution in [0.25, 0.3) is 27.8 Å². The van der Waals surface area contributed by atoms with E-state index < -0.39 is 0 Å². The summed E-state index contributed by atoms with van der Waals surface area (Å²) in [5.74, 6) is 0.324. The van der Waals surface area contributed by atoms with E-state index >= 15 is 0 Å². The Morgan fingerprint density at radius 2 is 1.79 bits per heavy atom. The molecular formula is C16H12N6O2. The maximum atomic E-state index is 12.7. The lowest BCUT2D eigenvalue weighted by Gasteiger charge is -2.07. The van der Waals surface area contributed by atoms with E-state index in [9.17, 15) is 9.59 Å². The van der Waals surface area contributed by atoms with Gasteiger partial charge in [-0.05, 0) is 31.0 Å². The summed E-state index contributed by atoms with van der Waals surface area (Å²) in [5, 5.41) is 7.26. The summed E-state index contributed by atoms with van der Waals surface area (Å²) in [4.78, 5) is 33.9. The molecule has 8 heteroatoms. The lowest BCUT2D eigenvalue weighted by atomic mass is 10.2. The maximum Gasteiger partial charge on any atom is 0.266 e. The number of pyridine rings is 3. The molecule has 4 aromatic rings. The zero-order chi connectivity index (χ0) is 16.3. The first kappa shape index (κ1) is 13.2. The number of fused-ring (bicyclic) bond motifs is 2. The van der Waals surface area contributed by atoms with E-state index in [0.717, 1.165) is 12.8 Å². The first-order valence-corrected chi connectivity index (χ1v) is 7.65.